The highest BCUT2D eigenvalue weighted by Crippen LogP contribution is 2.16. The van der Waals surface area contributed by atoms with E-state index in [0.717, 1.165) is 4.68 Å². The van der Waals surface area contributed by atoms with Crippen molar-refractivity contribution in [2.45, 2.75) is 39.9 Å². The molecule has 0 fully saturated rings. The van der Waals surface area contributed by atoms with Gasteiger partial charge in [-0.2, -0.15) is 0 Å². The number of aryl methyl sites for hydroxylation is 1. The van der Waals surface area contributed by atoms with Crippen LogP contribution >= 0.6 is 0 Å². The standard InChI is InChI=1S/C25H25FN6O4/c1-5-10-30-23(35)18-9-7-16(22(34)27-14(2)3)11-20(18)32-24(30)29-31(25(32)36)13-21(33)28-17-8-6-15(4)19(26)12-17/h5-9,11-12,14H,1,10,13H2,2-4H3,(H,27,34)(H,28,33). The molecule has 0 radical (unpaired) electrons. The molecule has 2 aromatic carbocycles. The van der Waals surface area contributed by atoms with Gasteiger partial charge in [0.25, 0.3) is 11.5 Å². The zero-order valence-corrected chi connectivity index (χ0v) is 20.0. The molecule has 11 heteroatoms. The Bertz CT molecular complexity index is 1650. The summed E-state index contributed by atoms with van der Waals surface area (Å²) in [5, 5.41) is 9.73. The fourth-order valence-corrected chi connectivity index (χ4v) is 3.81. The smallest absolute Gasteiger partial charge is 0.350 e. The van der Waals surface area contributed by atoms with Gasteiger partial charge in [0, 0.05) is 23.8 Å². The Morgan fingerprint density at radius 1 is 1.17 bits per heavy atom. The lowest BCUT2D eigenvalue weighted by Gasteiger charge is -2.11. The lowest BCUT2D eigenvalue weighted by atomic mass is 10.1. The molecule has 0 atom stereocenters. The van der Waals surface area contributed by atoms with Gasteiger partial charge in [-0.3, -0.25) is 19.0 Å². The van der Waals surface area contributed by atoms with Crippen LogP contribution in [0.5, 0.6) is 0 Å². The van der Waals surface area contributed by atoms with Crippen molar-refractivity contribution in [1.82, 2.24) is 24.1 Å². The first-order valence-electron chi connectivity index (χ1n) is 11.2. The maximum Gasteiger partial charge on any atom is 0.352 e. The molecular weight excluding hydrogens is 467 g/mol. The fourth-order valence-electron chi connectivity index (χ4n) is 3.81. The van der Waals surface area contributed by atoms with Gasteiger partial charge in [-0.15, -0.1) is 11.7 Å². The van der Waals surface area contributed by atoms with Gasteiger partial charge in [-0.25, -0.2) is 18.3 Å². The number of anilines is 1. The summed E-state index contributed by atoms with van der Waals surface area (Å²) in [5.41, 5.74) is -0.00150. The lowest BCUT2D eigenvalue weighted by molar-refractivity contribution is -0.117. The van der Waals surface area contributed by atoms with Crippen LogP contribution in [-0.2, 0) is 17.9 Å². The highest BCUT2D eigenvalue weighted by molar-refractivity contribution is 5.98. The van der Waals surface area contributed by atoms with Crippen LogP contribution in [0, 0.1) is 12.7 Å². The summed E-state index contributed by atoms with van der Waals surface area (Å²) >= 11 is 0. The lowest BCUT2D eigenvalue weighted by Crippen LogP contribution is -2.31. The predicted octanol–water partition coefficient (Wildman–Crippen LogP) is 2.22. The van der Waals surface area contributed by atoms with Gasteiger partial charge in [0.1, 0.15) is 12.4 Å². The second-order valence-corrected chi connectivity index (χ2v) is 8.65. The number of rotatable bonds is 7. The van der Waals surface area contributed by atoms with Crippen molar-refractivity contribution in [3.05, 3.63) is 86.8 Å². The monoisotopic (exact) mass is 492 g/mol. The molecule has 186 valence electrons. The third-order valence-corrected chi connectivity index (χ3v) is 5.52. The third-order valence-electron chi connectivity index (χ3n) is 5.52. The Balaban J connectivity index is 1.82. The quantitative estimate of drug-likeness (QED) is 0.384. The van der Waals surface area contributed by atoms with Gasteiger partial charge in [0.2, 0.25) is 11.7 Å². The molecule has 2 amide bonds. The van der Waals surface area contributed by atoms with Gasteiger partial charge in [-0.1, -0.05) is 12.1 Å². The highest BCUT2D eigenvalue weighted by atomic mass is 19.1. The number of aromatic nitrogens is 4. The summed E-state index contributed by atoms with van der Waals surface area (Å²) in [7, 11) is 0. The molecule has 0 aliphatic rings. The molecule has 4 rings (SSSR count). The number of benzene rings is 2. The van der Waals surface area contributed by atoms with E-state index in [1.165, 1.54) is 45.4 Å². The number of halogens is 1. The molecule has 10 nitrogen and oxygen atoms in total. The maximum atomic E-state index is 13.8. The van der Waals surface area contributed by atoms with E-state index < -0.39 is 29.5 Å². The number of carbonyl (C=O) groups excluding carboxylic acids is 2. The molecule has 2 heterocycles. The minimum Gasteiger partial charge on any atom is -0.350 e. The summed E-state index contributed by atoms with van der Waals surface area (Å²) in [6, 6.07) is 8.57. The number of nitrogens with zero attached hydrogens (tertiary/aromatic N) is 4. The second-order valence-electron chi connectivity index (χ2n) is 8.65. The normalized spacial score (nSPS) is 11.2. The molecule has 0 bridgehead atoms. The molecule has 36 heavy (non-hydrogen) atoms. The Kier molecular flexibility index (Phi) is 6.56. The van der Waals surface area contributed by atoms with Gasteiger partial charge in [0.05, 0.1) is 10.9 Å². The molecule has 2 aromatic heterocycles. The van der Waals surface area contributed by atoms with E-state index in [1.807, 2.05) is 13.8 Å². The molecule has 2 N–H and O–H groups in total. The van der Waals surface area contributed by atoms with E-state index >= 15 is 0 Å². The number of fused-ring (bicyclic) bond motifs is 3. The summed E-state index contributed by atoms with van der Waals surface area (Å²) < 4.78 is 17.2. The van der Waals surface area contributed by atoms with Crippen molar-refractivity contribution in [1.29, 1.82) is 0 Å². The molecule has 0 saturated carbocycles. The van der Waals surface area contributed by atoms with Gasteiger partial charge < -0.3 is 10.6 Å². The van der Waals surface area contributed by atoms with Crippen molar-refractivity contribution < 1.29 is 14.0 Å². The van der Waals surface area contributed by atoms with Gasteiger partial charge in [0.15, 0.2) is 0 Å². The third kappa shape index (κ3) is 4.54. The molecule has 0 aliphatic heterocycles. The maximum absolute atomic E-state index is 13.8. The van der Waals surface area contributed by atoms with E-state index in [4.69, 9.17) is 0 Å². The Hall–Kier alpha value is -4.54. The van der Waals surface area contributed by atoms with Crippen LogP contribution in [0.2, 0.25) is 0 Å². The van der Waals surface area contributed by atoms with E-state index in [-0.39, 0.29) is 46.4 Å². The van der Waals surface area contributed by atoms with Crippen LogP contribution in [0.15, 0.2) is 58.6 Å². The predicted molar refractivity (Wildman–Crippen MR) is 134 cm³/mol. The Labute approximate surface area is 204 Å². The number of carbonyl (C=O) groups is 2. The Morgan fingerprint density at radius 2 is 1.92 bits per heavy atom. The van der Waals surface area contributed by atoms with Crippen molar-refractivity contribution in [2.24, 2.45) is 0 Å². The number of hydrogen-bond acceptors (Lipinski definition) is 5. The SMILES string of the molecule is C=CCn1c(=O)c2ccc(C(=O)NC(C)C)cc2n2c(=O)n(CC(=O)Nc3ccc(C)c(F)c3)nc12. The zero-order valence-electron chi connectivity index (χ0n) is 20.0. The van der Waals surface area contributed by atoms with Crippen LogP contribution < -0.4 is 21.9 Å². The molecule has 4 aromatic rings. The van der Waals surface area contributed by atoms with E-state index in [2.05, 4.69) is 22.3 Å². The topological polar surface area (TPSA) is 120 Å². The van der Waals surface area contributed by atoms with Crippen molar-refractivity contribution >= 4 is 34.2 Å². The first-order valence-corrected chi connectivity index (χ1v) is 11.2. The summed E-state index contributed by atoms with van der Waals surface area (Å²) in [6.45, 7) is 8.48. The molecule has 0 spiro atoms. The summed E-state index contributed by atoms with van der Waals surface area (Å²) in [5.74, 6) is -1.45. The van der Waals surface area contributed by atoms with Crippen LogP contribution in [0.1, 0.15) is 29.8 Å². The summed E-state index contributed by atoms with van der Waals surface area (Å²) in [6.07, 6.45) is 1.49. The van der Waals surface area contributed by atoms with Crippen LogP contribution in [0.4, 0.5) is 10.1 Å². The van der Waals surface area contributed by atoms with Crippen molar-refractivity contribution in [2.75, 3.05) is 5.32 Å². The largest absolute Gasteiger partial charge is 0.352 e. The minimum atomic E-state index is -0.681. The molecule has 0 unspecified atom stereocenters. The zero-order chi connectivity index (χ0) is 26.1. The first-order chi connectivity index (χ1) is 17.1. The number of amides is 2. The Morgan fingerprint density at radius 3 is 2.58 bits per heavy atom. The number of nitrogens with one attached hydrogen (secondary N) is 2. The van der Waals surface area contributed by atoms with Crippen molar-refractivity contribution in [3.63, 3.8) is 0 Å². The minimum absolute atomic E-state index is 0.00648. The van der Waals surface area contributed by atoms with E-state index in [0.29, 0.717) is 5.56 Å². The average Bonchev–Trinajstić information content (AvgIpc) is 3.14. The van der Waals surface area contributed by atoms with E-state index in [1.54, 1.807) is 13.0 Å². The first kappa shape index (κ1) is 24.6. The van der Waals surface area contributed by atoms with Gasteiger partial charge in [-0.05, 0) is 56.7 Å². The second kappa shape index (κ2) is 9.61. The molecule has 0 aliphatic carbocycles. The molecular formula is C25H25FN6O4. The van der Waals surface area contributed by atoms with Crippen LogP contribution in [0.25, 0.3) is 16.7 Å². The molecule has 0 saturated heterocycles. The van der Waals surface area contributed by atoms with Crippen LogP contribution in [0.3, 0.4) is 0 Å². The summed E-state index contributed by atoms with van der Waals surface area (Å²) in [4.78, 5) is 51.7. The highest BCUT2D eigenvalue weighted by Gasteiger charge is 2.20. The fraction of sp³-hybridized carbons (Fsp3) is 0.240. The van der Waals surface area contributed by atoms with Crippen LogP contribution in [-0.4, -0.2) is 36.6 Å². The van der Waals surface area contributed by atoms with E-state index in [9.17, 15) is 23.6 Å². The average molecular weight is 493 g/mol. The van der Waals surface area contributed by atoms with Crippen molar-refractivity contribution in [3.8, 4) is 0 Å². The van der Waals surface area contributed by atoms with Gasteiger partial charge >= 0.3 is 5.69 Å². The number of hydrogen-bond donors (Lipinski definition) is 2. The number of allylic oxidation sites excluding steroid dienone is 1.